The number of unbranched alkanes of at least 4 members (excludes halogenated alkanes) is 1. The Bertz CT molecular complexity index is 326. The fourth-order valence-electron chi connectivity index (χ4n) is 1.54. The van der Waals surface area contributed by atoms with Crippen molar-refractivity contribution in [2.75, 3.05) is 38.8 Å². The van der Waals surface area contributed by atoms with Gasteiger partial charge in [-0.05, 0) is 12.8 Å². The predicted octanol–water partition coefficient (Wildman–Crippen LogP) is 1.92. The molecule has 0 aliphatic carbocycles. The molecule has 0 saturated heterocycles. The Morgan fingerprint density at radius 1 is 1.39 bits per heavy atom. The maximum absolute atomic E-state index is 5.39. The van der Waals surface area contributed by atoms with Crippen LogP contribution in [0.4, 0.5) is 5.95 Å². The standard InChI is InChI=1S/C13H23N3O2/c1-3-8-16-9-7-15-13(16)14-6-4-5-10-18-12-11-17-2/h3,7,9H,1,4-6,8,10-12H2,2H3,(H,14,15). The lowest BCUT2D eigenvalue weighted by Gasteiger charge is -2.08. The quantitative estimate of drug-likeness (QED) is 0.483. The summed E-state index contributed by atoms with van der Waals surface area (Å²) in [5, 5.41) is 3.30. The molecule has 1 aromatic rings. The molecule has 0 radical (unpaired) electrons. The van der Waals surface area contributed by atoms with Gasteiger partial charge in [-0.2, -0.15) is 0 Å². The van der Waals surface area contributed by atoms with Gasteiger partial charge in [-0.1, -0.05) is 6.08 Å². The molecule has 1 N–H and O–H groups in total. The van der Waals surface area contributed by atoms with Gasteiger partial charge >= 0.3 is 0 Å². The first kappa shape index (κ1) is 14.7. The first-order chi connectivity index (χ1) is 8.88. The Balaban J connectivity index is 2.03. The van der Waals surface area contributed by atoms with Crippen molar-refractivity contribution in [1.29, 1.82) is 0 Å². The third-order valence-electron chi connectivity index (χ3n) is 2.47. The summed E-state index contributed by atoms with van der Waals surface area (Å²) < 4.78 is 12.3. The number of hydrogen-bond acceptors (Lipinski definition) is 4. The molecular formula is C13H23N3O2. The van der Waals surface area contributed by atoms with Crippen LogP contribution in [0.2, 0.25) is 0 Å². The maximum Gasteiger partial charge on any atom is 0.203 e. The van der Waals surface area contributed by atoms with Crippen LogP contribution in [-0.4, -0.2) is 43.0 Å². The molecule has 5 heteroatoms. The summed E-state index contributed by atoms with van der Waals surface area (Å²) in [4.78, 5) is 4.25. The summed E-state index contributed by atoms with van der Waals surface area (Å²) in [6, 6.07) is 0. The molecule has 0 spiro atoms. The highest BCUT2D eigenvalue weighted by molar-refractivity contribution is 5.25. The maximum atomic E-state index is 5.39. The SMILES string of the molecule is C=CCn1ccnc1NCCCCOCCOC. The van der Waals surface area contributed by atoms with E-state index >= 15 is 0 Å². The van der Waals surface area contributed by atoms with E-state index in [2.05, 4.69) is 16.9 Å². The van der Waals surface area contributed by atoms with Crippen molar-refractivity contribution >= 4 is 5.95 Å². The summed E-state index contributed by atoms with van der Waals surface area (Å²) in [5.41, 5.74) is 0. The molecule has 0 atom stereocenters. The van der Waals surface area contributed by atoms with Crippen LogP contribution in [0.5, 0.6) is 0 Å². The molecule has 0 amide bonds. The van der Waals surface area contributed by atoms with Crippen molar-refractivity contribution in [2.24, 2.45) is 0 Å². The molecule has 1 heterocycles. The van der Waals surface area contributed by atoms with E-state index in [0.717, 1.165) is 38.5 Å². The summed E-state index contributed by atoms with van der Waals surface area (Å²) in [6.45, 7) is 7.53. The minimum absolute atomic E-state index is 0.664. The second-order valence-electron chi connectivity index (χ2n) is 3.93. The zero-order chi connectivity index (χ0) is 13.1. The van der Waals surface area contributed by atoms with Crippen LogP contribution in [0.3, 0.4) is 0 Å². The molecule has 0 unspecified atom stereocenters. The van der Waals surface area contributed by atoms with Crippen molar-refractivity contribution in [1.82, 2.24) is 9.55 Å². The molecule has 102 valence electrons. The van der Waals surface area contributed by atoms with Gasteiger partial charge in [0.2, 0.25) is 5.95 Å². The molecule has 5 nitrogen and oxygen atoms in total. The highest BCUT2D eigenvalue weighted by Crippen LogP contribution is 2.04. The summed E-state index contributed by atoms with van der Waals surface area (Å²) in [6.07, 6.45) is 7.70. The third kappa shape index (κ3) is 5.84. The van der Waals surface area contributed by atoms with Crippen molar-refractivity contribution in [2.45, 2.75) is 19.4 Å². The van der Waals surface area contributed by atoms with Gasteiger partial charge in [-0.15, -0.1) is 6.58 Å². The van der Waals surface area contributed by atoms with Gasteiger partial charge in [-0.3, -0.25) is 0 Å². The molecule has 18 heavy (non-hydrogen) atoms. The minimum Gasteiger partial charge on any atom is -0.382 e. The molecule has 1 aromatic heterocycles. The monoisotopic (exact) mass is 253 g/mol. The van der Waals surface area contributed by atoms with Crippen molar-refractivity contribution < 1.29 is 9.47 Å². The molecule has 0 aromatic carbocycles. The molecule has 0 aliphatic heterocycles. The van der Waals surface area contributed by atoms with Crippen LogP contribution in [0.15, 0.2) is 25.0 Å². The van der Waals surface area contributed by atoms with Crippen LogP contribution >= 0.6 is 0 Å². The first-order valence-corrected chi connectivity index (χ1v) is 6.31. The number of nitrogens with one attached hydrogen (secondary N) is 1. The zero-order valence-electron chi connectivity index (χ0n) is 11.1. The van der Waals surface area contributed by atoms with Crippen molar-refractivity contribution in [3.05, 3.63) is 25.0 Å². The highest BCUT2D eigenvalue weighted by atomic mass is 16.5. The summed E-state index contributed by atoms with van der Waals surface area (Å²) >= 11 is 0. The molecule has 0 saturated carbocycles. The number of methoxy groups -OCH3 is 1. The van der Waals surface area contributed by atoms with Gasteiger partial charge in [0.05, 0.1) is 13.2 Å². The first-order valence-electron chi connectivity index (χ1n) is 6.31. The topological polar surface area (TPSA) is 48.3 Å². The average Bonchev–Trinajstić information content (AvgIpc) is 2.81. The van der Waals surface area contributed by atoms with Gasteiger partial charge < -0.3 is 19.4 Å². The lowest BCUT2D eigenvalue weighted by atomic mass is 10.3. The van der Waals surface area contributed by atoms with Gasteiger partial charge in [0, 0.05) is 39.2 Å². The van der Waals surface area contributed by atoms with E-state index in [1.54, 1.807) is 13.3 Å². The van der Waals surface area contributed by atoms with Crippen LogP contribution in [-0.2, 0) is 16.0 Å². The Kier molecular flexibility index (Phi) is 7.92. The second-order valence-corrected chi connectivity index (χ2v) is 3.93. The number of anilines is 1. The smallest absolute Gasteiger partial charge is 0.203 e. The number of aromatic nitrogens is 2. The highest BCUT2D eigenvalue weighted by Gasteiger charge is 1.99. The Labute approximate surface area is 109 Å². The summed E-state index contributed by atoms with van der Waals surface area (Å²) in [7, 11) is 1.68. The number of nitrogens with zero attached hydrogens (tertiary/aromatic N) is 2. The predicted molar refractivity (Wildman–Crippen MR) is 72.8 cm³/mol. The number of allylic oxidation sites excluding steroid dienone is 1. The number of hydrogen-bond donors (Lipinski definition) is 1. The van der Waals surface area contributed by atoms with E-state index in [0.29, 0.717) is 13.2 Å². The van der Waals surface area contributed by atoms with Gasteiger partial charge in [0.25, 0.3) is 0 Å². The van der Waals surface area contributed by atoms with Crippen LogP contribution < -0.4 is 5.32 Å². The van der Waals surface area contributed by atoms with Gasteiger partial charge in [0.1, 0.15) is 0 Å². The third-order valence-corrected chi connectivity index (χ3v) is 2.47. The molecule has 0 fully saturated rings. The van der Waals surface area contributed by atoms with E-state index in [4.69, 9.17) is 9.47 Å². The van der Waals surface area contributed by atoms with Crippen LogP contribution in [0.1, 0.15) is 12.8 Å². The zero-order valence-corrected chi connectivity index (χ0v) is 11.1. The van der Waals surface area contributed by atoms with Gasteiger partial charge in [0.15, 0.2) is 0 Å². The lowest BCUT2D eigenvalue weighted by molar-refractivity contribution is 0.0691. The molecule has 0 aliphatic rings. The van der Waals surface area contributed by atoms with E-state index < -0.39 is 0 Å². The number of rotatable bonds is 11. The minimum atomic E-state index is 0.664. The van der Waals surface area contributed by atoms with Crippen molar-refractivity contribution in [3.8, 4) is 0 Å². The second kappa shape index (κ2) is 9.67. The molecular weight excluding hydrogens is 230 g/mol. The summed E-state index contributed by atoms with van der Waals surface area (Å²) in [5.74, 6) is 0.898. The Morgan fingerprint density at radius 3 is 3.06 bits per heavy atom. The fraction of sp³-hybridized carbons (Fsp3) is 0.615. The van der Waals surface area contributed by atoms with E-state index in [9.17, 15) is 0 Å². The van der Waals surface area contributed by atoms with E-state index in [1.807, 2.05) is 16.8 Å². The Hall–Kier alpha value is -1.33. The van der Waals surface area contributed by atoms with Gasteiger partial charge in [-0.25, -0.2) is 4.98 Å². The largest absolute Gasteiger partial charge is 0.382 e. The van der Waals surface area contributed by atoms with Crippen LogP contribution in [0.25, 0.3) is 0 Å². The Morgan fingerprint density at radius 2 is 2.28 bits per heavy atom. The molecule has 0 bridgehead atoms. The van der Waals surface area contributed by atoms with E-state index in [1.165, 1.54) is 0 Å². The fourth-order valence-corrected chi connectivity index (χ4v) is 1.54. The van der Waals surface area contributed by atoms with Crippen molar-refractivity contribution in [3.63, 3.8) is 0 Å². The number of ether oxygens (including phenoxy) is 2. The average molecular weight is 253 g/mol. The van der Waals surface area contributed by atoms with Crippen LogP contribution in [0, 0.1) is 0 Å². The molecule has 1 rings (SSSR count). The number of imidazole rings is 1. The normalized spacial score (nSPS) is 10.5. The lowest BCUT2D eigenvalue weighted by Crippen LogP contribution is -2.09. The van der Waals surface area contributed by atoms with E-state index in [-0.39, 0.29) is 0 Å².